The van der Waals surface area contributed by atoms with E-state index in [0.29, 0.717) is 22.5 Å². The summed E-state index contributed by atoms with van der Waals surface area (Å²) in [7, 11) is -8.39. The van der Waals surface area contributed by atoms with Gasteiger partial charge in [0.05, 0.1) is 33.6 Å². The number of allylic oxidation sites excluding steroid dienone is 6. The van der Waals surface area contributed by atoms with Crippen molar-refractivity contribution < 1.29 is 50.3 Å². The van der Waals surface area contributed by atoms with E-state index in [1.165, 1.54) is 12.1 Å². The molecule has 4 N–H and O–H groups in total. The van der Waals surface area contributed by atoms with Crippen molar-refractivity contribution in [2.45, 2.75) is 51.4 Å². The van der Waals surface area contributed by atoms with Crippen molar-refractivity contribution in [1.29, 1.82) is 0 Å². The predicted octanol–water partition coefficient (Wildman–Crippen LogP) is 4.81. The van der Waals surface area contributed by atoms with Crippen LogP contribution in [0, 0.1) is 0 Å². The molecule has 12 nitrogen and oxygen atoms in total. The normalized spacial score (nSPS) is 18.0. The first-order valence-electron chi connectivity index (χ1n) is 14.9. The summed E-state index contributed by atoms with van der Waals surface area (Å²) in [6.45, 7) is 7.96. The second-order valence-corrected chi connectivity index (χ2v) is 15.7. The zero-order valence-electron chi connectivity index (χ0n) is 26.5. The minimum absolute atomic E-state index is 0.103. The number of nitrogens with zero attached hydrogens (tertiary/aromatic N) is 2. The lowest BCUT2D eigenvalue weighted by molar-refractivity contribution is -0.437. The first kappa shape index (κ1) is 35.7. The summed E-state index contributed by atoms with van der Waals surface area (Å²) in [4.78, 5) is 26.1. The van der Waals surface area contributed by atoms with Crippen LogP contribution < -0.4 is 4.90 Å². The van der Waals surface area contributed by atoms with Crippen LogP contribution in [-0.2, 0) is 31.1 Å². The minimum atomic E-state index is -4.19. The van der Waals surface area contributed by atoms with E-state index in [4.69, 9.17) is 0 Å². The smallest absolute Gasteiger partial charge is 0.336 e. The van der Waals surface area contributed by atoms with Crippen molar-refractivity contribution in [3.05, 3.63) is 94.7 Å². The average Bonchev–Trinajstić information content (AvgIpc) is 3.30. The Morgan fingerprint density at radius 2 is 1.36 bits per heavy atom. The second-order valence-electron chi connectivity index (χ2n) is 12.5. The van der Waals surface area contributed by atoms with Gasteiger partial charge in [-0.1, -0.05) is 44.2 Å². The van der Waals surface area contributed by atoms with Crippen LogP contribution >= 0.6 is 0 Å². The predicted molar refractivity (Wildman–Crippen MR) is 178 cm³/mol. The number of carbonyl (C=O) groups is 2. The Kier molecular flexibility index (Phi) is 10.0. The SMILES string of the molecule is CC1(C)C(/C=C/C=C/C=C2/N(CCCS(=O)(=O)O)c3cccc(C(=O)O)c3C2(C)C)=[N+](CCCS(=O)(=O)O)c2cccc(C(=O)O)c21. The topological polar surface area (TPSA) is 190 Å². The van der Waals surface area contributed by atoms with Crippen molar-refractivity contribution >= 4 is 49.3 Å². The van der Waals surface area contributed by atoms with Crippen LogP contribution in [0.5, 0.6) is 0 Å². The Morgan fingerprint density at radius 1 is 0.787 bits per heavy atom. The monoisotopic (exact) mass is 687 g/mol. The fraction of sp³-hybridized carbons (Fsp3) is 0.364. The maximum Gasteiger partial charge on any atom is 0.336 e. The molecule has 2 aliphatic heterocycles. The lowest BCUT2D eigenvalue weighted by Gasteiger charge is -2.27. The summed E-state index contributed by atoms with van der Waals surface area (Å²) in [6.07, 6.45) is 9.11. The average molecular weight is 688 g/mol. The summed E-state index contributed by atoms with van der Waals surface area (Å²) in [5.74, 6) is -3.08. The number of anilines is 1. The maximum absolute atomic E-state index is 12.1. The Hall–Kier alpha value is -4.11. The lowest BCUT2D eigenvalue weighted by Crippen LogP contribution is -2.29. The van der Waals surface area contributed by atoms with E-state index >= 15 is 0 Å². The number of fused-ring (bicyclic) bond motifs is 2. The van der Waals surface area contributed by atoms with Crippen LogP contribution in [0.1, 0.15) is 72.4 Å². The molecule has 2 aromatic rings. The van der Waals surface area contributed by atoms with E-state index in [-0.39, 0.29) is 37.1 Å². The molecule has 47 heavy (non-hydrogen) atoms. The van der Waals surface area contributed by atoms with Crippen LogP contribution in [0.25, 0.3) is 0 Å². The quantitative estimate of drug-likeness (QED) is 0.128. The number of hydrogen-bond acceptors (Lipinski definition) is 7. The highest BCUT2D eigenvalue weighted by Gasteiger charge is 2.47. The highest BCUT2D eigenvalue weighted by molar-refractivity contribution is 7.86. The van der Waals surface area contributed by atoms with Gasteiger partial charge >= 0.3 is 11.9 Å². The van der Waals surface area contributed by atoms with Gasteiger partial charge in [0, 0.05) is 47.5 Å². The number of carboxylic acid groups (broad SMARTS) is 2. The summed E-state index contributed by atoms with van der Waals surface area (Å²) in [5.41, 5.74) is 2.63. The maximum atomic E-state index is 12.1. The van der Waals surface area contributed by atoms with Crippen molar-refractivity contribution in [2.75, 3.05) is 29.5 Å². The third kappa shape index (κ3) is 7.56. The first-order chi connectivity index (χ1) is 21.8. The summed E-state index contributed by atoms with van der Waals surface area (Å²) in [5, 5.41) is 19.8. The van der Waals surface area contributed by atoms with Gasteiger partial charge in [0.2, 0.25) is 5.69 Å². The number of aromatic carboxylic acids is 2. The molecule has 0 radical (unpaired) electrons. The van der Waals surface area contributed by atoms with Gasteiger partial charge in [-0.15, -0.1) is 0 Å². The molecule has 0 bridgehead atoms. The first-order valence-corrected chi connectivity index (χ1v) is 18.1. The van der Waals surface area contributed by atoms with Crippen LogP contribution in [0.4, 0.5) is 11.4 Å². The van der Waals surface area contributed by atoms with E-state index < -0.39 is 54.5 Å². The molecular formula is C33H39N2O10S2+. The molecular weight excluding hydrogens is 649 g/mol. The van der Waals surface area contributed by atoms with Crippen molar-refractivity contribution in [3.63, 3.8) is 0 Å². The largest absolute Gasteiger partial charge is 0.478 e. The third-order valence-corrected chi connectivity index (χ3v) is 10.1. The molecule has 0 saturated carbocycles. The van der Waals surface area contributed by atoms with Crippen LogP contribution in [0.3, 0.4) is 0 Å². The van der Waals surface area contributed by atoms with Gasteiger partial charge in [-0.2, -0.15) is 21.4 Å². The van der Waals surface area contributed by atoms with Crippen LogP contribution in [0.15, 0.2) is 72.5 Å². The second kappa shape index (κ2) is 13.2. The fourth-order valence-corrected chi connectivity index (χ4v) is 7.62. The van der Waals surface area contributed by atoms with Gasteiger partial charge in [0.25, 0.3) is 20.2 Å². The van der Waals surface area contributed by atoms with Gasteiger partial charge < -0.3 is 15.1 Å². The Balaban J connectivity index is 1.71. The van der Waals surface area contributed by atoms with E-state index in [9.17, 15) is 45.7 Å². The highest BCUT2D eigenvalue weighted by Crippen LogP contribution is 2.49. The molecule has 0 unspecified atom stereocenters. The van der Waals surface area contributed by atoms with Gasteiger partial charge in [-0.25, -0.2) is 9.59 Å². The number of rotatable bonds is 13. The molecule has 0 fully saturated rings. The summed E-state index contributed by atoms with van der Waals surface area (Å²) >= 11 is 0. The molecule has 0 aliphatic carbocycles. The minimum Gasteiger partial charge on any atom is -0.478 e. The number of benzene rings is 2. The highest BCUT2D eigenvalue weighted by atomic mass is 32.2. The molecule has 252 valence electrons. The molecule has 0 spiro atoms. The molecule has 2 heterocycles. The van der Waals surface area contributed by atoms with E-state index in [0.717, 1.165) is 11.4 Å². The molecule has 4 rings (SSSR count). The zero-order chi connectivity index (χ0) is 34.9. The molecule has 2 aliphatic rings. The lowest BCUT2D eigenvalue weighted by atomic mass is 9.79. The van der Waals surface area contributed by atoms with Gasteiger partial charge in [0.1, 0.15) is 6.54 Å². The molecule has 0 aromatic heterocycles. The molecule has 0 atom stereocenters. The Labute approximate surface area is 274 Å². The van der Waals surface area contributed by atoms with E-state index in [1.807, 2.05) is 49.3 Å². The molecule has 2 aromatic carbocycles. The summed E-state index contributed by atoms with van der Waals surface area (Å²) in [6, 6.07) is 9.87. The van der Waals surface area contributed by atoms with Crippen molar-refractivity contribution in [2.24, 2.45) is 0 Å². The third-order valence-electron chi connectivity index (χ3n) is 8.54. The fourth-order valence-electron chi connectivity index (χ4n) is 6.64. The van der Waals surface area contributed by atoms with Gasteiger partial charge in [-0.05, 0) is 44.5 Å². The molecule has 14 heteroatoms. The number of hydrogen-bond donors (Lipinski definition) is 4. The van der Waals surface area contributed by atoms with Crippen molar-refractivity contribution in [3.8, 4) is 0 Å². The van der Waals surface area contributed by atoms with Crippen LogP contribution in [0.2, 0.25) is 0 Å². The van der Waals surface area contributed by atoms with Crippen LogP contribution in [-0.4, -0.2) is 83.0 Å². The summed E-state index contributed by atoms with van der Waals surface area (Å²) < 4.78 is 66.0. The van der Waals surface area contributed by atoms with Gasteiger partial charge in [-0.3, -0.25) is 9.11 Å². The number of carboxylic acids is 2. The van der Waals surface area contributed by atoms with E-state index in [2.05, 4.69) is 0 Å². The van der Waals surface area contributed by atoms with Gasteiger partial charge in [0.15, 0.2) is 5.71 Å². The standard InChI is InChI=1S/C33H38N2O10S2/c1-32(2)26(34(18-10-20-46(40,41)42)24-14-8-12-22(28(24)32)30(36)37)16-6-5-7-17-27-33(3,4)29-23(31(38)39)13-9-15-25(29)35(27)19-11-21-47(43,44)45/h5-9,12-17H,10-11,18-21H2,1-4H3,(H3-,36,37,38,39,40,41,42,43,44,45)/p+1. The molecule has 0 amide bonds. The van der Waals surface area contributed by atoms with Crippen molar-refractivity contribution in [1.82, 2.24) is 0 Å². The van der Waals surface area contributed by atoms with E-state index in [1.54, 1.807) is 42.5 Å². The zero-order valence-corrected chi connectivity index (χ0v) is 28.2. The Bertz CT molecular complexity index is 1950. The molecule has 0 saturated heterocycles. The Morgan fingerprint density at radius 3 is 1.96 bits per heavy atom.